The smallest absolute Gasteiger partial charge is 0.410 e. The monoisotopic (exact) mass is 476 g/mol. The zero-order chi connectivity index (χ0) is 24.1. The van der Waals surface area contributed by atoms with Crippen LogP contribution in [-0.4, -0.2) is 77.6 Å². The third-order valence-corrected chi connectivity index (χ3v) is 8.05. The number of aromatic nitrogens is 1. The Morgan fingerprint density at radius 2 is 2.15 bits per heavy atom. The van der Waals surface area contributed by atoms with Crippen LogP contribution in [0, 0.1) is 11.8 Å². The Labute approximate surface area is 200 Å². The van der Waals surface area contributed by atoms with E-state index >= 15 is 0 Å². The largest absolute Gasteiger partial charge is 0.491 e. The van der Waals surface area contributed by atoms with Gasteiger partial charge in [-0.1, -0.05) is 11.6 Å². The van der Waals surface area contributed by atoms with Crippen LogP contribution in [0.4, 0.5) is 4.79 Å². The Hall–Kier alpha value is -2.10. The van der Waals surface area contributed by atoms with Crippen LogP contribution in [0.25, 0.3) is 0 Å². The molecule has 5 rings (SSSR count). The molecule has 4 aliphatic rings. The average Bonchev–Trinajstić information content (AvgIpc) is 3.63. The molecule has 1 aromatic rings. The number of aryl methyl sites for hydroxylation is 1. The van der Waals surface area contributed by atoms with Gasteiger partial charge in [0, 0.05) is 32.7 Å². The molecule has 34 heavy (non-hydrogen) atoms. The Bertz CT molecular complexity index is 931. The number of allylic oxidation sites excluding steroid dienone is 1. The summed E-state index contributed by atoms with van der Waals surface area (Å²) in [6.45, 7) is 8.37. The van der Waals surface area contributed by atoms with E-state index in [1.807, 2.05) is 0 Å². The summed E-state index contributed by atoms with van der Waals surface area (Å²) in [6, 6.07) is 1.53. The number of likely N-dealkylation sites (tertiary alicyclic amines) is 1. The Kier molecular flexibility index (Phi) is 6.14. The third-order valence-electron chi connectivity index (χ3n) is 8.05. The topological polar surface area (TPSA) is 110 Å². The van der Waals surface area contributed by atoms with Crippen LogP contribution in [0.3, 0.4) is 0 Å². The number of amides is 1. The molecular formula is C25H36N2O7. The second-order valence-electron chi connectivity index (χ2n) is 10.8. The van der Waals surface area contributed by atoms with Crippen LogP contribution < -0.4 is 0 Å². The summed E-state index contributed by atoms with van der Waals surface area (Å²) >= 11 is 0. The highest BCUT2D eigenvalue weighted by atomic mass is 16.6. The first-order valence-electron chi connectivity index (χ1n) is 12.3. The molecule has 3 aliphatic heterocycles. The summed E-state index contributed by atoms with van der Waals surface area (Å²) in [7, 11) is 1.69. The lowest BCUT2D eigenvalue weighted by atomic mass is 9.68. The van der Waals surface area contributed by atoms with E-state index in [0.717, 1.165) is 25.7 Å². The number of hydrogen-bond donors (Lipinski definition) is 1. The van der Waals surface area contributed by atoms with Crippen molar-refractivity contribution in [1.29, 1.82) is 0 Å². The summed E-state index contributed by atoms with van der Waals surface area (Å²) in [5.41, 5.74) is 0.709. The fourth-order valence-corrected chi connectivity index (χ4v) is 5.94. The van der Waals surface area contributed by atoms with Crippen LogP contribution >= 0.6 is 0 Å². The normalized spacial score (nSPS) is 36.8. The molecule has 6 atom stereocenters. The molecule has 9 heteroatoms. The molecule has 188 valence electrons. The van der Waals surface area contributed by atoms with Crippen molar-refractivity contribution in [2.24, 2.45) is 11.8 Å². The first-order valence-corrected chi connectivity index (χ1v) is 12.3. The summed E-state index contributed by atoms with van der Waals surface area (Å²) in [5.74, 6) is 0.966. The maximum Gasteiger partial charge on any atom is 0.410 e. The fourth-order valence-electron chi connectivity index (χ4n) is 5.94. The van der Waals surface area contributed by atoms with Gasteiger partial charge in [0.05, 0.1) is 18.6 Å². The molecule has 1 spiro atoms. The zero-order valence-corrected chi connectivity index (χ0v) is 20.5. The predicted octanol–water partition coefficient (Wildman–Crippen LogP) is 3.46. The number of hydrogen-bond acceptors (Lipinski definition) is 8. The molecule has 1 unspecified atom stereocenters. The van der Waals surface area contributed by atoms with Crippen LogP contribution in [0.15, 0.2) is 22.2 Å². The van der Waals surface area contributed by atoms with Gasteiger partial charge in [-0.05, 0) is 57.5 Å². The highest BCUT2D eigenvalue weighted by Gasteiger charge is 2.72. The molecule has 1 saturated carbocycles. The van der Waals surface area contributed by atoms with Gasteiger partial charge in [0.1, 0.15) is 29.2 Å². The van der Waals surface area contributed by atoms with Crippen molar-refractivity contribution in [3.8, 4) is 5.88 Å². The lowest BCUT2D eigenvalue weighted by Crippen LogP contribution is -2.57. The van der Waals surface area contributed by atoms with Crippen molar-refractivity contribution in [3.63, 3.8) is 0 Å². The summed E-state index contributed by atoms with van der Waals surface area (Å²) in [4.78, 5) is 14.6. The lowest BCUT2D eigenvalue weighted by Gasteiger charge is -2.44. The van der Waals surface area contributed by atoms with Gasteiger partial charge < -0.3 is 33.5 Å². The van der Waals surface area contributed by atoms with E-state index in [1.54, 1.807) is 12.0 Å². The number of aromatic hydroxyl groups is 1. The molecule has 4 heterocycles. The predicted molar refractivity (Wildman–Crippen MR) is 121 cm³/mol. The molecule has 1 amide bonds. The molecule has 0 radical (unpaired) electrons. The van der Waals surface area contributed by atoms with Crippen LogP contribution in [0.5, 0.6) is 5.88 Å². The molecular weight excluding hydrogens is 440 g/mol. The van der Waals surface area contributed by atoms with E-state index in [1.165, 1.54) is 11.6 Å². The second kappa shape index (κ2) is 8.84. The Morgan fingerprint density at radius 1 is 1.38 bits per heavy atom. The molecule has 0 aromatic carbocycles. The van der Waals surface area contributed by atoms with Gasteiger partial charge in [-0.25, -0.2) is 4.79 Å². The van der Waals surface area contributed by atoms with E-state index in [2.05, 4.69) is 32.0 Å². The minimum absolute atomic E-state index is 0.0228. The van der Waals surface area contributed by atoms with Gasteiger partial charge in [-0.15, -0.1) is 0 Å². The number of methoxy groups -OCH3 is 1. The Morgan fingerprint density at radius 3 is 2.76 bits per heavy atom. The average molecular weight is 477 g/mol. The number of rotatable bonds is 8. The minimum Gasteiger partial charge on any atom is -0.491 e. The third kappa shape index (κ3) is 4.45. The van der Waals surface area contributed by atoms with Crippen molar-refractivity contribution in [3.05, 3.63) is 23.5 Å². The van der Waals surface area contributed by atoms with Gasteiger partial charge in [0.15, 0.2) is 0 Å². The molecule has 1 N–H and O–H groups in total. The van der Waals surface area contributed by atoms with Gasteiger partial charge in [0.25, 0.3) is 5.88 Å². The number of epoxide rings is 2. The SMILES string of the molecule is CO[C@@H]1[C@H](OC(=O)N2CC(CCc3cc(O)no3)C2)CC[C@]2(CO2)[C@H]1[C@@]1(C)OC1CC=C(C)C. The van der Waals surface area contributed by atoms with Gasteiger partial charge >= 0.3 is 6.09 Å². The highest BCUT2D eigenvalue weighted by Crippen LogP contribution is 2.59. The Balaban J connectivity index is 1.16. The lowest BCUT2D eigenvalue weighted by molar-refractivity contribution is -0.124. The summed E-state index contributed by atoms with van der Waals surface area (Å²) in [6.07, 6.45) is 5.46. The number of nitrogens with zero attached hydrogens (tertiary/aromatic N) is 2. The molecule has 1 aromatic heterocycles. The van der Waals surface area contributed by atoms with E-state index in [0.29, 0.717) is 37.8 Å². The van der Waals surface area contributed by atoms with E-state index < -0.39 is 0 Å². The van der Waals surface area contributed by atoms with Crippen molar-refractivity contribution in [2.45, 2.75) is 82.4 Å². The van der Waals surface area contributed by atoms with Gasteiger partial charge in [-0.2, -0.15) is 0 Å². The number of carbonyl (C=O) groups is 1. The number of ether oxygens (including phenoxy) is 4. The van der Waals surface area contributed by atoms with E-state index in [9.17, 15) is 9.90 Å². The zero-order valence-electron chi connectivity index (χ0n) is 20.5. The van der Waals surface area contributed by atoms with Crippen LogP contribution in [0.2, 0.25) is 0 Å². The van der Waals surface area contributed by atoms with Crippen molar-refractivity contribution < 1.29 is 33.4 Å². The maximum atomic E-state index is 12.9. The molecule has 3 saturated heterocycles. The number of carbonyl (C=O) groups excluding carboxylic acids is 1. The van der Waals surface area contributed by atoms with E-state index in [-0.39, 0.29) is 47.4 Å². The summed E-state index contributed by atoms with van der Waals surface area (Å²) < 4.78 is 29.2. The maximum absolute atomic E-state index is 12.9. The fraction of sp³-hybridized carbons (Fsp3) is 0.760. The molecule has 1 aliphatic carbocycles. The first kappa shape index (κ1) is 23.6. The van der Waals surface area contributed by atoms with Crippen LogP contribution in [0.1, 0.15) is 52.2 Å². The van der Waals surface area contributed by atoms with Crippen molar-refractivity contribution >= 4 is 6.09 Å². The van der Waals surface area contributed by atoms with E-state index in [4.69, 9.17) is 23.5 Å². The van der Waals surface area contributed by atoms with Gasteiger partial charge in [-0.3, -0.25) is 0 Å². The molecule has 9 nitrogen and oxygen atoms in total. The molecule has 0 bridgehead atoms. The first-order chi connectivity index (χ1) is 16.2. The van der Waals surface area contributed by atoms with Crippen molar-refractivity contribution in [1.82, 2.24) is 10.1 Å². The second-order valence-corrected chi connectivity index (χ2v) is 10.8. The van der Waals surface area contributed by atoms with Crippen molar-refractivity contribution in [2.75, 3.05) is 26.8 Å². The molecule has 4 fully saturated rings. The quantitative estimate of drug-likeness (QED) is 0.449. The summed E-state index contributed by atoms with van der Waals surface area (Å²) in [5, 5.41) is 12.8. The van der Waals surface area contributed by atoms with Gasteiger partial charge in [0.2, 0.25) is 0 Å². The van der Waals surface area contributed by atoms with Crippen LogP contribution in [-0.2, 0) is 25.4 Å². The standard InChI is InChI=1S/C25H36N2O7/c1-15(2)5-8-19-24(3,33-19)22-21(30-4)18(9-10-25(22)14-31-25)32-23(29)27-12-16(13-27)6-7-17-11-20(28)26-34-17/h5,11,16,18-19,21-22H,6-10,12-14H2,1-4H3,(H,26,28)/t18-,19?,21-,22-,24+,25+/m1/s1. The highest BCUT2D eigenvalue weighted by molar-refractivity contribution is 5.69. The minimum atomic E-state index is -0.342.